The van der Waals surface area contributed by atoms with Crippen molar-refractivity contribution in [3.05, 3.63) is 46.0 Å². The Morgan fingerprint density at radius 3 is 2.71 bits per heavy atom. The van der Waals surface area contributed by atoms with Gasteiger partial charge < -0.3 is 0 Å². The molecule has 4 nitrogen and oxygen atoms in total. The summed E-state index contributed by atoms with van der Waals surface area (Å²) in [5.74, 6) is 0. The maximum absolute atomic E-state index is 10.9. The lowest BCUT2D eigenvalue weighted by Crippen LogP contribution is -2.37. The molecule has 17 heavy (non-hydrogen) atoms. The third-order valence-electron chi connectivity index (χ3n) is 3.54. The van der Waals surface area contributed by atoms with E-state index in [1.165, 1.54) is 5.56 Å². The van der Waals surface area contributed by atoms with Gasteiger partial charge in [-0.2, -0.15) is 0 Å². The molecule has 0 saturated carbocycles. The van der Waals surface area contributed by atoms with Gasteiger partial charge in [0.05, 0.1) is 6.04 Å². The third kappa shape index (κ3) is 2.64. The predicted molar refractivity (Wildman–Crippen MR) is 66.3 cm³/mol. The summed E-state index contributed by atoms with van der Waals surface area (Å²) in [6.45, 7) is 3.69. The molecule has 0 aliphatic carbocycles. The van der Waals surface area contributed by atoms with Crippen molar-refractivity contribution in [1.82, 2.24) is 4.90 Å². The van der Waals surface area contributed by atoms with Gasteiger partial charge in [0.2, 0.25) is 6.04 Å². The molecule has 0 aromatic heterocycles. The average Bonchev–Trinajstić information content (AvgIpc) is 2.73. The fourth-order valence-corrected chi connectivity index (χ4v) is 2.69. The lowest BCUT2D eigenvalue weighted by Gasteiger charge is -2.23. The highest BCUT2D eigenvalue weighted by molar-refractivity contribution is 5.15. The van der Waals surface area contributed by atoms with Gasteiger partial charge in [0, 0.05) is 24.4 Å². The number of benzene rings is 1. The largest absolute Gasteiger partial charge is 0.289 e. The van der Waals surface area contributed by atoms with Crippen molar-refractivity contribution in [3.63, 3.8) is 0 Å². The van der Waals surface area contributed by atoms with Crippen LogP contribution in [0.3, 0.4) is 0 Å². The zero-order valence-electron chi connectivity index (χ0n) is 10.1. The van der Waals surface area contributed by atoms with Crippen LogP contribution in [-0.2, 0) is 6.54 Å². The van der Waals surface area contributed by atoms with Crippen LogP contribution < -0.4 is 0 Å². The molecule has 0 amide bonds. The van der Waals surface area contributed by atoms with Crippen molar-refractivity contribution < 1.29 is 4.92 Å². The van der Waals surface area contributed by atoms with E-state index in [2.05, 4.69) is 17.0 Å². The minimum atomic E-state index is -0.385. The van der Waals surface area contributed by atoms with Crippen LogP contribution in [0.2, 0.25) is 0 Å². The first-order valence-electron chi connectivity index (χ1n) is 6.14. The Bertz CT molecular complexity index is 380. The van der Waals surface area contributed by atoms with Crippen LogP contribution in [0.4, 0.5) is 0 Å². The zero-order chi connectivity index (χ0) is 12.3. The third-order valence-corrected chi connectivity index (χ3v) is 3.54. The molecule has 1 aliphatic heterocycles. The summed E-state index contributed by atoms with van der Waals surface area (Å²) in [4.78, 5) is 13.1. The zero-order valence-corrected chi connectivity index (χ0v) is 10.1. The highest BCUT2D eigenvalue weighted by Gasteiger charge is 2.40. The Kier molecular flexibility index (Phi) is 3.74. The molecule has 1 fully saturated rings. The van der Waals surface area contributed by atoms with Gasteiger partial charge in [0.25, 0.3) is 0 Å². The van der Waals surface area contributed by atoms with Crippen LogP contribution in [0.1, 0.15) is 25.3 Å². The van der Waals surface area contributed by atoms with E-state index in [1.54, 1.807) is 0 Å². The van der Waals surface area contributed by atoms with Crippen LogP contribution in [0.25, 0.3) is 0 Å². The second kappa shape index (κ2) is 5.27. The van der Waals surface area contributed by atoms with Crippen molar-refractivity contribution in [2.45, 2.75) is 38.4 Å². The van der Waals surface area contributed by atoms with Gasteiger partial charge in [-0.25, -0.2) is 0 Å². The summed E-state index contributed by atoms with van der Waals surface area (Å²) in [6.07, 6.45) is 1.52. The Labute approximate surface area is 101 Å². The molecule has 92 valence electrons. The van der Waals surface area contributed by atoms with Crippen molar-refractivity contribution in [2.24, 2.45) is 0 Å². The Balaban J connectivity index is 2.05. The summed E-state index contributed by atoms with van der Waals surface area (Å²) < 4.78 is 0. The second-order valence-corrected chi connectivity index (χ2v) is 4.57. The lowest BCUT2D eigenvalue weighted by molar-refractivity contribution is -0.524. The molecule has 1 aromatic carbocycles. The van der Waals surface area contributed by atoms with Gasteiger partial charge in [-0.1, -0.05) is 37.3 Å². The first-order valence-corrected chi connectivity index (χ1v) is 6.14. The summed E-state index contributed by atoms with van der Waals surface area (Å²) >= 11 is 0. The molecular weight excluding hydrogens is 216 g/mol. The van der Waals surface area contributed by atoms with Crippen molar-refractivity contribution in [3.8, 4) is 0 Å². The first kappa shape index (κ1) is 12.0. The topological polar surface area (TPSA) is 46.4 Å². The van der Waals surface area contributed by atoms with Crippen molar-refractivity contribution >= 4 is 0 Å². The minimum absolute atomic E-state index is 0.0882. The molecule has 1 heterocycles. The molecule has 1 saturated heterocycles. The van der Waals surface area contributed by atoms with E-state index in [9.17, 15) is 10.1 Å². The summed E-state index contributed by atoms with van der Waals surface area (Å²) in [5, 5.41) is 10.9. The average molecular weight is 234 g/mol. The minimum Gasteiger partial charge on any atom is -0.289 e. The fraction of sp³-hybridized carbons (Fsp3) is 0.538. The lowest BCUT2D eigenvalue weighted by atomic mass is 10.1. The van der Waals surface area contributed by atoms with Gasteiger partial charge >= 0.3 is 0 Å². The molecule has 0 unspecified atom stereocenters. The number of rotatable bonds is 4. The van der Waals surface area contributed by atoms with E-state index in [-0.39, 0.29) is 17.0 Å². The number of nitro groups is 1. The highest BCUT2D eigenvalue weighted by Crippen LogP contribution is 2.24. The summed E-state index contributed by atoms with van der Waals surface area (Å²) in [6, 6.07) is 9.87. The first-order chi connectivity index (χ1) is 8.22. The van der Waals surface area contributed by atoms with Crippen LogP contribution >= 0.6 is 0 Å². The molecular formula is C13H18N2O2. The van der Waals surface area contributed by atoms with E-state index in [1.807, 2.05) is 25.1 Å². The predicted octanol–water partition coefficient (Wildman–Crippen LogP) is 2.32. The molecule has 0 N–H and O–H groups in total. The number of likely N-dealkylation sites (tertiary alicyclic amines) is 1. The molecule has 4 heteroatoms. The smallest absolute Gasteiger partial charge is 0.229 e. The van der Waals surface area contributed by atoms with Crippen LogP contribution in [-0.4, -0.2) is 28.5 Å². The normalized spacial score (nSPS) is 25.0. The van der Waals surface area contributed by atoms with Crippen LogP contribution in [0.15, 0.2) is 30.3 Å². The second-order valence-electron chi connectivity index (χ2n) is 4.57. The summed E-state index contributed by atoms with van der Waals surface area (Å²) in [5.41, 5.74) is 1.23. The van der Waals surface area contributed by atoms with Gasteiger partial charge in [0.1, 0.15) is 0 Å². The molecule has 2 atom stereocenters. The van der Waals surface area contributed by atoms with E-state index >= 15 is 0 Å². The maximum Gasteiger partial charge on any atom is 0.229 e. The SMILES string of the molecule is CC[C@@H]1[C@@H]([N+](=O)[O-])CCN1Cc1ccccc1. The molecule has 0 bridgehead atoms. The van der Waals surface area contributed by atoms with Gasteiger partial charge in [-0.3, -0.25) is 15.0 Å². The quantitative estimate of drug-likeness (QED) is 0.593. The fourth-order valence-electron chi connectivity index (χ4n) is 2.69. The highest BCUT2D eigenvalue weighted by atomic mass is 16.6. The Morgan fingerprint density at radius 1 is 1.41 bits per heavy atom. The molecule has 1 aromatic rings. The molecule has 0 radical (unpaired) electrons. The van der Waals surface area contributed by atoms with Gasteiger partial charge in [0.15, 0.2) is 0 Å². The Hall–Kier alpha value is -1.42. The van der Waals surface area contributed by atoms with E-state index in [0.717, 1.165) is 19.5 Å². The molecule has 1 aliphatic rings. The number of hydrogen-bond acceptors (Lipinski definition) is 3. The monoisotopic (exact) mass is 234 g/mol. The maximum atomic E-state index is 10.9. The van der Waals surface area contributed by atoms with E-state index in [4.69, 9.17) is 0 Å². The Morgan fingerprint density at radius 2 is 2.12 bits per heavy atom. The van der Waals surface area contributed by atoms with Crippen molar-refractivity contribution in [1.29, 1.82) is 0 Å². The van der Waals surface area contributed by atoms with Gasteiger partial charge in [-0.15, -0.1) is 0 Å². The number of nitrogens with zero attached hydrogens (tertiary/aromatic N) is 2. The number of hydrogen-bond donors (Lipinski definition) is 0. The van der Waals surface area contributed by atoms with Crippen molar-refractivity contribution in [2.75, 3.05) is 6.54 Å². The van der Waals surface area contributed by atoms with Crippen LogP contribution in [0, 0.1) is 10.1 Å². The summed E-state index contributed by atoms with van der Waals surface area (Å²) in [7, 11) is 0. The van der Waals surface area contributed by atoms with E-state index < -0.39 is 0 Å². The molecule has 0 spiro atoms. The van der Waals surface area contributed by atoms with E-state index in [0.29, 0.717) is 6.42 Å². The van der Waals surface area contributed by atoms with Crippen LogP contribution in [0.5, 0.6) is 0 Å². The standard InChI is InChI=1S/C13H18N2O2/c1-2-12-13(15(16)17)8-9-14(12)10-11-6-4-3-5-7-11/h3-7,12-13H,2,8-10H2,1H3/t12-,13+/m1/s1. The van der Waals surface area contributed by atoms with Gasteiger partial charge in [-0.05, 0) is 12.0 Å². The molecule has 2 rings (SSSR count).